The van der Waals surface area contributed by atoms with Gasteiger partial charge in [-0.2, -0.15) is 0 Å². The maximum absolute atomic E-state index is 12.4. The molecular weight excluding hydrogens is 308 g/mol. The number of benzene rings is 2. The van der Waals surface area contributed by atoms with E-state index in [0.717, 1.165) is 24.2 Å². The van der Waals surface area contributed by atoms with Crippen molar-refractivity contribution in [2.24, 2.45) is 0 Å². The van der Waals surface area contributed by atoms with E-state index >= 15 is 0 Å². The van der Waals surface area contributed by atoms with Crippen LogP contribution in [-0.2, 0) is 10.0 Å². The number of sulfonamides is 1. The van der Waals surface area contributed by atoms with Crippen molar-refractivity contribution in [3.05, 3.63) is 54.1 Å². The lowest BCUT2D eigenvalue weighted by molar-refractivity contribution is 0.601. The molecule has 0 spiro atoms. The Morgan fingerprint density at radius 1 is 0.913 bits per heavy atom. The van der Waals surface area contributed by atoms with E-state index in [4.69, 9.17) is 0 Å². The first-order chi connectivity index (χ1) is 10.9. The van der Waals surface area contributed by atoms with E-state index in [9.17, 15) is 8.42 Å². The van der Waals surface area contributed by atoms with E-state index in [1.165, 1.54) is 0 Å². The van der Waals surface area contributed by atoms with Crippen LogP contribution in [0.4, 0.5) is 11.4 Å². The Kier molecular flexibility index (Phi) is 5.66. The van der Waals surface area contributed by atoms with Gasteiger partial charge in [0.2, 0.25) is 0 Å². The van der Waals surface area contributed by atoms with Crippen LogP contribution in [0.5, 0.6) is 0 Å². The van der Waals surface area contributed by atoms with E-state index in [-0.39, 0.29) is 4.90 Å². The van der Waals surface area contributed by atoms with E-state index in [2.05, 4.69) is 30.8 Å². The van der Waals surface area contributed by atoms with Gasteiger partial charge in [0.15, 0.2) is 0 Å². The number of hydrogen-bond donors (Lipinski definition) is 2. The van der Waals surface area contributed by atoms with Crippen LogP contribution in [0.1, 0.15) is 38.7 Å². The molecule has 0 aliphatic heterocycles. The molecule has 0 saturated carbocycles. The number of anilines is 2. The molecule has 0 aliphatic rings. The molecule has 2 rings (SSSR count). The molecule has 5 heteroatoms. The standard InChI is InChI=1S/C18H24N2O2S/c1-4-13-19-16-7-9-17(10-8-16)20-23(21,22)18-11-5-15(6-12-18)14(2)3/h5-12,14,19-20H,4,13H2,1-3H3. The van der Waals surface area contributed by atoms with Crippen LogP contribution in [0.15, 0.2) is 53.4 Å². The zero-order valence-electron chi connectivity index (χ0n) is 13.8. The summed E-state index contributed by atoms with van der Waals surface area (Å²) in [6.07, 6.45) is 1.04. The number of nitrogens with one attached hydrogen (secondary N) is 2. The van der Waals surface area contributed by atoms with Crippen molar-refractivity contribution in [1.29, 1.82) is 0 Å². The van der Waals surface area contributed by atoms with Gasteiger partial charge in [0.1, 0.15) is 0 Å². The Bertz CT molecular complexity index is 721. The molecule has 124 valence electrons. The molecule has 23 heavy (non-hydrogen) atoms. The van der Waals surface area contributed by atoms with Crippen molar-refractivity contribution in [2.45, 2.75) is 38.0 Å². The van der Waals surface area contributed by atoms with Gasteiger partial charge in [-0.05, 0) is 54.3 Å². The molecule has 0 aromatic heterocycles. The second kappa shape index (κ2) is 7.51. The lowest BCUT2D eigenvalue weighted by Gasteiger charge is -2.11. The quantitative estimate of drug-likeness (QED) is 0.788. The molecule has 0 atom stereocenters. The molecule has 0 fully saturated rings. The first-order valence-electron chi connectivity index (χ1n) is 7.89. The monoisotopic (exact) mass is 332 g/mol. The zero-order chi connectivity index (χ0) is 16.9. The third-order valence-electron chi connectivity index (χ3n) is 3.57. The SMILES string of the molecule is CCCNc1ccc(NS(=O)(=O)c2ccc(C(C)C)cc2)cc1. The Morgan fingerprint density at radius 2 is 1.48 bits per heavy atom. The van der Waals surface area contributed by atoms with E-state index in [0.29, 0.717) is 11.6 Å². The summed E-state index contributed by atoms with van der Waals surface area (Å²) in [5, 5.41) is 3.26. The van der Waals surface area contributed by atoms with Gasteiger partial charge in [0.25, 0.3) is 10.0 Å². The van der Waals surface area contributed by atoms with Gasteiger partial charge in [0, 0.05) is 17.9 Å². The van der Waals surface area contributed by atoms with Crippen LogP contribution in [0.2, 0.25) is 0 Å². The Labute approximate surface area is 139 Å². The van der Waals surface area contributed by atoms with Gasteiger partial charge in [-0.25, -0.2) is 8.42 Å². The third kappa shape index (κ3) is 4.73. The van der Waals surface area contributed by atoms with Crippen LogP contribution in [0.25, 0.3) is 0 Å². The maximum Gasteiger partial charge on any atom is 0.261 e. The first kappa shape index (κ1) is 17.3. The fourth-order valence-electron chi connectivity index (χ4n) is 2.17. The van der Waals surface area contributed by atoms with Crippen molar-refractivity contribution in [3.63, 3.8) is 0 Å². The van der Waals surface area contributed by atoms with Crippen LogP contribution < -0.4 is 10.0 Å². The molecule has 2 N–H and O–H groups in total. The van der Waals surface area contributed by atoms with Gasteiger partial charge < -0.3 is 5.32 Å². The van der Waals surface area contributed by atoms with Crippen LogP contribution in [-0.4, -0.2) is 15.0 Å². The Balaban J connectivity index is 2.11. The van der Waals surface area contributed by atoms with Gasteiger partial charge in [0.05, 0.1) is 4.90 Å². The van der Waals surface area contributed by atoms with Crippen molar-refractivity contribution >= 4 is 21.4 Å². The molecule has 0 heterocycles. The summed E-state index contributed by atoms with van der Waals surface area (Å²) in [5.74, 6) is 0.378. The molecule has 0 radical (unpaired) electrons. The average Bonchev–Trinajstić information content (AvgIpc) is 2.54. The maximum atomic E-state index is 12.4. The Morgan fingerprint density at radius 3 is 2.00 bits per heavy atom. The minimum absolute atomic E-state index is 0.273. The first-order valence-corrected chi connectivity index (χ1v) is 9.37. The van der Waals surface area contributed by atoms with Gasteiger partial charge >= 0.3 is 0 Å². The Hall–Kier alpha value is -2.01. The van der Waals surface area contributed by atoms with E-state index in [1.807, 2.05) is 24.3 Å². The summed E-state index contributed by atoms with van der Waals surface area (Å²) >= 11 is 0. The fraction of sp³-hybridized carbons (Fsp3) is 0.333. The highest BCUT2D eigenvalue weighted by molar-refractivity contribution is 7.92. The molecule has 0 bridgehead atoms. The fourth-order valence-corrected chi connectivity index (χ4v) is 3.23. The van der Waals surface area contributed by atoms with Crippen molar-refractivity contribution in [3.8, 4) is 0 Å². The summed E-state index contributed by atoms with van der Waals surface area (Å²) in [6, 6.07) is 14.3. The highest BCUT2D eigenvalue weighted by Gasteiger charge is 2.14. The molecule has 4 nitrogen and oxygen atoms in total. The molecule has 0 aliphatic carbocycles. The summed E-state index contributed by atoms with van der Waals surface area (Å²) in [5.41, 5.74) is 2.66. The molecule has 2 aromatic rings. The highest BCUT2D eigenvalue weighted by atomic mass is 32.2. The minimum Gasteiger partial charge on any atom is -0.385 e. The number of rotatable bonds is 7. The summed E-state index contributed by atoms with van der Waals surface area (Å²) in [7, 11) is -3.56. The van der Waals surface area contributed by atoms with Crippen molar-refractivity contribution in [1.82, 2.24) is 0 Å². The topological polar surface area (TPSA) is 58.2 Å². The zero-order valence-corrected chi connectivity index (χ0v) is 14.7. The lowest BCUT2D eigenvalue weighted by atomic mass is 10.0. The predicted octanol–water partition coefficient (Wildman–Crippen LogP) is 4.43. The molecule has 2 aromatic carbocycles. The lowest BCUT2D eigenvalue weighted by Crippen LogP contribution is -2.13. The molecule has 0 unspecified atom stereocenters. The molecular formula is C18H24N2O2S. The van der Waals surface area contributed by atoms with Crippen LogP contribution in [0, 0.1) is 0 Å². The summed E-state index contributed by atoms with van der Waals surface area (Å²) in [4.78, 5) is 0.273. The third-order valence-corrected chi connectivity index (χ3v) is 4.97. The molecule has 0 saturated heterocycles. The van der Waals surface area contributed by atoms with Crippen LogP contribution in [0.3, 0.4) is 0 Å². The molecule has 0 amide bonds. The van der Waals surface area contributed by atoms with E-state index in [1.54, 1.807) is 24.3 Å². The van der Waals surface area contributed by atoms with Gasteiger partial charge in [-0.15, -0.1) is 0 Å². The van der Waals surface area contributed by atoms with Crippen molar-refractivity contribution < 1.29 is 8.42 Å². The van der Waals surface area contributed by atoms with E-state index < -0.39 is 10.0 Å². The average molecular weight is 332 g/mol. The predicted molar refractivity (Wildman–Crippen MR) is 96.6 cm³/mol. The summed E-state index contributed by atoms with van der Waals surface area (Å²) < 4.78 is 27.4. The second-order valence-corrected chi connectivity index (χ2v) is 7.52. The minimum atomic E-state index is -3.56. The largest absolute Gasteiger partial charge is 0.385 e. The van der Waals surface area contributed by atoms with Gasteiger partial charge in [-0.1, -0.05) is 32.9 Å². The summed E-state index contributed by atoms with van der Waals surface area (Å²) in [6.45, 7) is 7.15. The highest BCUT2D eigenvalue weighted by Crippen LogP contribution is 2.21. The van der Waals surface area contributed by atoms with Crippen molar-refractivity contribution in [2.75, 3.05) is 16.6 Å². The van der Waals surface area contributed by atoms with Gasteiger partial charge in [-0.3, -0.25) is 4.72 Å². The second-order valence-electron chi connectivity index (χ2n) is 5.83. The normalized spacial score (nSPS) is 11.5. The smallest absolute Gasteiger partial charge is 0.261 e. The van der Waals surface area contributed by atoms with Crippen LogP contribution >= 0.6 is 0 Å². The number of hydrogen-bond acceptors (Lipinski definition) is 3.